The van der Waals surface area contributed by atoms with E-state index >= 15 is 0 Å². The fraction of sp³-hybridized carbons (Fsp3) is 0. The van der Waals surface area contributed by atoms with E-state index in [9.17, 15) is 0 Å². The summed E-state index contributed by atoms with van der Waals surface area (Å²) in [6.07, 6.45) is 1.62. The van der Waals surface area contributed by atoms with Crippen LogP contribution in [0, 0.1) is 0 Å². The predicted octanol–water partition coefficient (Wildman–Crippen LogP) is 3.66. The maximum absolute atomic E-state index is 4.71. The second-order valence-corrected chi connectivity index (χ2v) is 5.17. The van der Waals surface area contributed by atoms with Gasteiger partial charge < -0.3 is 0 Å². The summed E-state index contributed by atoms with van der Waals surface area (Å²) in [4.78, 5) is 4.71. The van der Waals surface area contributed by atoms with Crippen LogP contribution in [-0.4, -0.2) is 25.4 Å². The van der Waals surface area contributed by atoms with Gasteiger partial charge in [-0.1, -0.05) is 60.7 Å². The highest BCUT2D eigenvalue weighted by Crippen LogP contribution is 2.29. The predicted molar refractivity (Wildman–Crippen MR) is 91.7 cm³/mol. The molecule has 2 aromatic carbocycles. The molecule has 0 N–H and O–H groups in total. The van der Waals surface area contributed by atoms with Gasteiger partial charge in [-0.2, -0.15) is 5.10 Å². The van der Waals surface area contributed by atoms with Crippen molar-refractivity contribution in [3.8, 4) is 34.0 Å². The van der Waals surface area contributed by atoms with Gasteiger partial charge in [0, 0.05) is 17.3 Å². The van der Waals surface area contributed by atoms with Crippen LogP contribution in [-0.2, 0) is 0 Å². The van der Waals surface area contributed by atoms with Gasteiger partial charge >= 0.3 is 0 Å². The first-order chi connectivity index (χ1) is 11.9. The Morgan fingerprint density at radius 1 is 0.542 bits per heavy atom. The summed E-state index contributed by atoms with van der Waals surface area (Å²) in [6.45, 7) is 0. The summed E-state index contributed by atoms with van der Waals surface area (Å²) < 4.78 is 0. The highest BCUT2D eigenvalue weighted by molar-refractivity contribution is 5.78. The first-order valence-corrected chi connectivity index (χ1v) is 7.55. The first kappa shape index (κ1) is 14.1. The van der Waals surface area contributed by atoms with Crippen molar-refractivity contribution in [2.45, 2.75) is 0 Å². The van der Waals surface area contributed by atoms with Crippen molar-refractivity contribution in [1.82, 2.24) is 25.4 Å². The Morgan fingerprint density at radius 2 is 1.21 bits per heavy atom. The molecular weight excluding hydrogens is 298 g/mol. The smallest absolute Gasteiger partial charge is 0.202 e. The quantitative estimate of drug-likeness (QED) is 0.577. The summed E-state index contributed by atoms with van der Waals surface area (Å²) in [7, 11) is 0. The van der Waals surface area contributed by atoms with Crippen LogP contribution in [0.1, 0.15) is 0 Å². The second-order valence-electron chi connectivity index (χ2n) is 5.17. The van der Waals surface area contributed by atoms with E-state index in [1.54, 1.807) is 12.3 Å². The molecule has 4 rings (SSSR count). The molecule has 5 heteroatoms. The van der Waals surface area contributed by atoms with Crippen molar-refractivity contribution in [2.75, 3.05) is 0 Å². The minimum atomic E-state index is 0.460. The Bertz CT molecular complexity index is 941. The second kappa shape index (κ2) is 6.34. The summed E-state index contributed by atoms with van der Waals surface area (Å²) >= 11 is 0. The van der Waals surface area contributed by atoms with E-state index in [-0.39, 0.29) is 0 Å². The van der Waals surface area contributed by atoms with Gasteiger partial charge in [0.1, 0.15) is 17.1 Å². The standard InChI is InChI=1S/C19H13N5/c1-3-8-14(9-4-1)17-18(15-10-5-2-6-11-15)23-24-19(21-17)16-12-7-13-20-22-16/h1-13H. The largest absolute Gasteiger partial charge is 0.223 e. The Balaban J connectivity index is 1.92. The normalized spacial score (nSPS) is 10.5. The zero-order valence-corrected chi connectivity index (χ0v) is 12.7. The lowest BCUT2D eigenvalue weighted by Crippen LogP contribution is -2.01. The lowest BCUT2D eigenvalue weighted by Gasteiger charge is -2.09. The van der Waals surface area contributed by atoms with Crippen LogP contribution in [0.3, 0.4) is 0 Å². The third-order valence-corrected chi connectivity index (χ3v) is 3.58. The van der Waals surface area contributed by atoms with Crippen LogP contribution in [0.25, 0.3) is 34.0 Å². The van der Waals surface area contributed by atoms with Gasteiger partial charge in [-0.05, 0) is 12.1 Å². The van der Waals surface area contributed by atoms with Crippen molar-refractivity contribution in [2.24, 2.45) is 0 Å². The average Bonchev–Trinajstić information content (AvgIpc) is 2.69. The SMILES string of the molecule is c1ccc(-c2nnc(-c3cccnn3)nc2-c2ccccc2)cc1. The van der Waals surface area contributed by atoms with E-state index in [1.165, 1.54) is 0 Å². The van der Waals surface area contributed by atoms with Gasteiger partial charge in [0.15, 0.2) is 0 Å². The van der Waals surface area contributed by atoms with Crippen LogP contribution in [0.2, 0.25) is 0 Å². The van der Waals surface area contributed by atoms with E-state index in [1.807, 2.05) is 66.7 Å². The number of nitrogens with zero attached hydrogens (tertiary/aromatic N) is 5. The number of benzene rings is 2. The number of rotatable bonds is 3. The van der Waals surface area contributed by atoms with Crippen molar-refractivity contribution in [3.05, 3.63) is 79.0 Å². The molecule has 0 radical (unpaired) electrons. The van der Waals surface area contributed by atoms with E-state index in [0.29, 0.717) is 11.5 Å². The minimum Gasteiger partial charge on any atom is -0.223 e. The Labute approximate surface area is 139 Å². The van der Waals surface area contributed by atoms with Crippen molar-refractivity contribution >= 4 is 0 Å². The molecule has 0 spiro atoms. The molecule has 0 saturated heterocycles. The number of aromatic nitrogens is 5. The summed E-state index contributed by atoms with van der Waals surface area (Å²) in [5.41, 5.74) is 4.08. The van der Waals surface area contributed by atoms with Crippen LogP contribution in [0.4, 0.5) is 0 Å². The van der Waals surface area contributed by atoms with Gasteiger partial charge in [-0.3, -0.25) is 0 Å². The zero-order valence-electron chi connectivity index (χ0n) is 12.7. The Hall–Kier alpha value is -3.47. The minimum absolute atomic E-state index is 0.460. The first-order valence-electron chi connectivity index (χ1n) is 7.55. The van der Waals surface area contributed by atoms with E-state index in [0.717, 1.165) is 22.5 Å². The van der Waals surface area contributed by atoms with Crippen molar-refractivity contribution in [1.29, 1.82) is 0 Å². The van der Waals surface area contributed by atoms with Crippen molar-refractivity contribution in [3.63, 3.8) is 0 Å². The molecule has 0 bridgehead atoms. The van der Waals surface area contributed by atoms with Gasteiger partial charge in [-0.15, -0.1) is 15.3 Å². The molecule has 114 valence electrons. The summed E-state index contributed by atoms with van der Waals surface area (Å²) in [5.74, 6) is 0.460. The molecule has 0 saturated carbocycles. The lowest BCUT2D eigenvalue weighted by atomic mass is 10.0. The molecule has 2 heterocycles. The molecule has 5 nitrogen and oxygen atoms in total. The maximum atomic E-state index is 4.71. The molecule has 0 aliphatic heterocycles. The van der Waals surface area contributed by atoms with Crippen LogP contribution in [0.5, 0.6) is 0 Å². The fourth-order valence-corrected chi connectivity index (χ4v) is 2.44. The maximum Gasteiger partial charge on any atom is 0.202 e. The molecule has 0 amide bonds. The Kier molecular flexibility index (Phi) is 3.73. The number of hydrogen-bond acceptors (Lipinski definition) is 5. The molecule has 4 aromatic rings. The molecular formula is C19H13N5. The van der Waals surface area contributed by atoms with Gasteiger partial charge in [0.25, 0.3) is 0 Å². The zero-order chi connectivity index (χ0) is 16.2. The van der Waals surface area contributed by atoms with E-state index in [4.69, 9.17) is 4.98 Å². The van der Waals surface area contributed by atoms with Crippen LogP contribution < -0.4 is 0 Å². The highest BCUT2D eigenvalue weighted by Gasteiger charge is 2.14. The highest BCUT2D eigenvalue weighted by atomic mass is 15.2. The Morgan fingerprint density at radius 3 is 1.83 bits per heavy atom. The lowest BCUT2D eigenvalue weighted by molar-refractivity contribution is 0.954. The molecule has 0 fully saturated rings. The molecule has 0 atom stereocenters. The van der Waals surface area contributed by atoms with E-state index in [2.05, 4.69) is 20.4 Å². The topological polar surface area (TPSA) is 64.5 Å². The average molecular weight is 311 g/mol. The van der Waals surface area contributed by atoms with Gasteiger partial charge in [-0.25, -0.2) is 4.98 Å². The molecule has 2 aromatic heterocycles. The summed E-state index contributed by atoms with van der Waals surface area (Å²) in [5, 5.41) is 16.6. The van der Waals surface area contributed by atoms with Gasteiger partial charge in [0.2, 0.25) is 5.82 Å². The van der Waals surface area contributed by atoms with Crippen LogP contribution in [0.15, 0.2) is 79.0 Å². The molecule has 0 unspecified atom stereocenters. The monoisotopic (exact) mass is 311 g/mol. The third kappa shape index (κ3) is 2.75. The fourth-order valence-electron chi connectivity index (χ4n) is 2.44. The molecule has 0 aliphatic rings. The molecule has 0 aliphatic carbocycles. The van der Waals surface area contributed by atoms with Gasteiger partial charge in [0.05, 0.1) is 0 Å². The number of hydrogen-bond donors (Lipinski definition) is 0. The van der Waals surface area contributed by atoms with Crippen molar-refractivity contribution < 1.29 is 0 Å². The van der Waals surface area contributed by atoms with Crippen LogP contribution >= 0.6 is 0 Å². The molecule has 24 heavy (non-hydrogen) atoms. The third-order valence-electron chi connectivity index (χ3n) is 3.58. The van der Waals surface area contributed by atoms with E-state index < -0.39 is 0 Å². The summed E-state index contributed by atoms with van der Waals surface area (Å²) in [6, 6.07) is 23.5.